The van der Waals surface area contributed by atoms with E-state index in [1.807, 2.05) is 24.3 Å². The van der Waals surface area contributed by atoms with Crippen LogP contribution >= 0.6 is 0 Å². The summed E-state index contributed by atoms with van der Waals surface area (Å²) in [6.07, 6.45) is 1.85. The first-order valence-electron chi connectivity index (χ1n) is 13.9. The van der Waals surface area contributed by atoms with E-state index in [0.717, 1.165) is 30.4 Å². The molecule has 8 heteroatoms. The number of rotatable bonds is 5. The van der Waals surface area contributed by atoms with Gasteiger partial charge in [0.05, 0.1) is 6.61 Å². The molecular formula is C31H38N2O6. The van der Waals surface area contributed by atoms with Gasteiger partial charge in [-0.1, -0.05) is 48.5 Å². The lowest BCUT2D eigenvalue weighted by molar-refractivity contribution is -0.156. The molecule has 0 radical (unpaired) electrons. The Bertz CT molecular complexity index is 1190. The molecule has 2 atom stereocenters. The van der Waals surface area contributed by atoms with E-state index in [0.29, 0.717) is 0 Å². The Morgan fingerprint density at radius 3 is 2.03 bits per heavy atom. The van der Waals surface area contributed by atoms with Gasteiger partial charge in [0.2, 0.25) is 0 Å². The second-order valence-corrected chi connectivity index (χ2v) is 11.8. The molecule has 2 aromatic rings. The average Bonchev–Trinajstić information content (AvgIpc) is 3.19. The molecule has 0 saturated carbocycles. The van der Waals surface area contributed by atoms with Crippen molar-refractivity contribution < 1.29 is 28.6 Å². The molecule has 2 heterocycles. The van der Waals surface area contributed by atoms with E-state index in [2.05, 4.69) is 29.6 Å². The number of nitrogens with zero attached hydrogens (tertiary/aromatic N) is 1. The number of piperidine rings is 2. The number of ether oxygens (including phenoxy) is 3. The van der Waals surface area contributed by atoms with Gasteiger partial charge < -0.3 is 24.4 Å². The first kappa shape index (κ1) is 27.0. The first-order chi connectivity index (χ1) is 18.6. The Balaban J connectivity index is 1.33. The van der Waals surface area contributed by atoms with Crippen LogP contribution in [-0.4, -0.2) is 59.5 Å². The van der Waals surface area contributed by atoms with Crippen molar-refractivity contribution in [3.8, 4) is 11.1 Å². The third-order valence-corrected chi connectivity index (χ3v) is 7.98. The number of fused-ring (bicyclic) bond motifs is 5. The molecule has 2 aliphatic heterocycles. The minimum Gasteiger partial charge on any atom is -0.464 e. The fourth-order valence-corrected chi connectivity index (χ4v) is 6.51. The maximum absolute atomic E-state index is 13.6. The van der Waals surface area contributed by atoms with Crippen molar-refractivity contribution in [2.24, 2.45) is 0 Å². The first-order valence-corrected chi connectivity index (χ1v) is 13.9. The standard InChI is InChI=1S/C31H38N2O6/c1-5-37-27(34)31(32-28(35)39-30(2,3)4)17-20-11-10-12-21(18-31)33(20)29(36)38-19-26-24-15-8-6-13-22(24)23-14-7-9-16-25(23)26/h6-9,13-16,20-21,26H,5,10-12,17-19H2,1-4H3,(H,32,35). The minimum atomic E-state index is -1.26. The number of amides is 2. The number of carbonyl (C=O) groups excluding carboxylic acids is 3. The zero-order valence-corrected chi connectivity index (χ0v) is 23.2. The molecule has 2 bridgehead atoms. The molecule has 2 fully saturated rings. The van der Waals surface area contributed by atoms with Crippen LogP contribution in [-0.2, 0) is 19.0 Å². The van der Waals surface area contributed by atoms with Gasteiger partial charge >= 0.3 is 18.2 Å². The predicted octanol–water partition coefficient (Wildman–Crippen LogP) is 5.78. The molecule has 1 aliphatic carbocycles. The Kier molecular flexibility index (Phi) is 7.31. The summed E-state index contributed by atoms with van der Waals surface area (Å²) in [5, 5.41) is 2.85. The maximum Gasteiger partial charge on any atom is 0.410 e. The Hall–Kier alpha value is -3.55. The van der Waals surface area contributed by atoms with Crippen molar-refractivity contribution >= 4 is 18.2 Å². The molecule has 0 spiro atoms. The summed E-state index contributed by atoms with van der Waals surface area (Å²) < 4.78 is 16.9. The molecule has 2 amide bonds. The van der Waals surface area contributed by atoms with E-state index in [1.54, 1.807) is 32.6 Å². The third-order valence-electron chi connectivity index (χ3n) is 7.98. The summed E-state index contributed by atoms with van der Waals surface area (Å²) >= 11 is 0. The van der Waals surface area contributed by atoms with Crippen molar-refractivity contribution in [3.63, 3.8) is 0 Å². The number of nitrogens with one attached hydrogen (secondary N) is 1. The number of alkyl carbamates (subject to hydrolysis) is 1. The summed E-state index contributed by atoms with van der Waals surface area (Å²) in [5.74, 6) is -0.515. The van der Waals surface area contributed by atoms with E-state index in [-0.39, 0.29) is 50.2 Å². The summed E-state index contributed by atoms with van der Waals surface area (Å²) in [4.78, 5) is 41.4. The lowest BCUT2D eigenvalue weighted by atomic mass is 9.73. The number of hydrogen-bond donors (Lipinski definition) is 1. The van der Waals surface area contributed by atoms with Gasteiger partial charge in [0.15, 0.2) is 0 Å². The average molecular weight is 535 g/mol. The van der Waals surface area contributed by atoms with E-state index in [9.17, 15) is 14.4 Å². The van der Waals surface area contributed by atoms with Gasteiger partial charge in [0.25, 0.3) is 0 Å². The quantitative estimate of drug-likeness (QED) is 0.386. The summed E-state index contributed by atoms with van der Waals surface area (Å²) in [5.41, 5.74) is 2.71. The molecule has 2 aromatic carbocycles. The zero-order chi connectivity index (χ0) is 27.8. The van der Waals surface area contributed by atoms with E-state index in [4.69, 9.17) is 14.2 Å². The van der Waals surface area contributed by atoms with Gasteiger partial charge in [-0.05, 0) is 69.2 Å². The monoisotopic (exact) mass is 534 g/mol. The van der Waals surface area contributed by atoms with Crippen LogP contribution in [0.5, 0.6) is 0 Å². The lowest BCUT2D eigenvalue weighted by Gasteiger charge is -2.51. The molecule has 5 rings (SSSR count). The van der Waals surface area contributed by atoms with Crippen molar-refractivity contribution in [2.75, 3.05) is 13.2 Å². The van der Waals surface area contributed by atoms with Crippen LogP contribution in [0.1, 0.15) is 76.8 Å². The van der Waals surface area contributed by atoms with Crippen LogP contribution in [0.3, 0.4) is 0 Å². The fraction of sp³-hybridized carbons (Fsp3) is 0.516. The highest BCUT2D eigenvalue weighted by molar-refractivity contribution is 5.87. The van der Waals surface area contributed by atoms with Crippen molar-refractivity contribution in [3.05, 3.63) is 59.7 Å². The Morgan fingerprint density at radius 1 is 0.923 bits per heavy atom. The summed E-state index contributed by atoms with van der Waals surface area (Å²) in [6, 6.07) is 16.0. The second-order valence-electron chi connectivity index (χ2n) is 11.8. The SMILES string of the molecule is CCOC(=O)C1(NC(=O)OC(C)(C)C)CC2CCCC(C1)N2C(=O)OCC1c2ccccc2-c2ccccc21. The molecule has 208 valence electrons. The second kappa shape index (κ2) is 10.5. The molecule has 1 N–H and O–H groups in total. The number of hydrogen-bond acceptors (Lipinski definition) is 6. The lowest BCUT2D eigenvalue weighted by Crippen LogP contribution is -2.68. The van der Waals surface area contributed by atoms with Gasteiger partial charge in [-0.3, -0.25) is 0 Å². The van der Waals surface area contributed by atoms with Gasteiger partial charge in [-0.2, -0.15) is 0 Å². The van der Waals surface area contributed by atoms with Crippen LogP contribution < -0.4 is 5.32 Å². The normalized spacial score (nSPS) is 23.8. The number of carbonyl (C=O) groups is 3. The van der Waals surface area contributed by atoms with Crippen LogP contribution in [0.2, 0.25) is 0 Å². The van der Waals surface area contributed by atoms with Gasteiger partial charge in [-0.15, -0.1) is 0 Å². The van der Waals surface area contributed by atoms with Crippen LogP contribution in [0.25, 0.3) is 11.1 Å². The van der Waals surface area contributed by atoms with Gasteiger partial charge in [0.1, 0.15) is 17.7 Å². The van der Waals surface area contributed by atoms with Gasteiger partial charge in [-0.25, -0.2) is 14.4 Å². The topological polar surface area (TPSA) is 94.2 Å². The third kappa shape index (κ3) is 5.34. The van der Waals surface area contributed by atoms with E-state index >= 15 is 0 Å². The minimum absolute atomic E-state index is 0.0292. The van der Waals surface area contributed by atoms with Gasteiger partial charge in [0, 0.05) is 30.8 Å². The number of esters is 1. The number of benzene rings is 2. The van der Waals surface area contributed by atoms with Crippen molar-refractivity contribution in [2.45, 2.75) is 88.9 Å². The molecule has 3 aliphatic rings. The summed E-state index contributed by atoms with van der Waals surface area (Å²) in [7, 11) is 0. The zero-order valence-electron chi connectivity index (χ0n) is 23.2. The van der Waals surface area contributed by atoms with Crippen LogP contribution in [0.15, 0.2) is 48.5 Å². The molecule has 39 heavy (non-hydrogen) atoms. The van der Waals surface area contributed by atoms with E-state index in [1.165, 1.54) is 11.1 Å². The van der Waals surface area contributed by atoms with Crippen molar-refractivity contribution in [1.29, 1.82) is 0 Å². The maximum atomic E-state index is 13.6. The highest BCUT2D eigenvalue weighted by Crippen LogP contribution is 2.45. The Morgan fingerprint density at radius 2 is 1.49 bits per heavy atom. The highest BCUT2D eigenvalue weighted by Gasteiger charge is 2.54. The summed E-state index contributed by atoms with van der Waals surface area (Å²) in [6.45, 7) is 7.50. The Labute approximate surface area is 230 Å². The molecule has 8 nitrogen and oxygen atoms in total. The van der Waals surface area contributed by atoms with Crippen LogP contribution in [0.4, 0.5) is 9.59 Å². The predicted molar refractivity (Wildman–Crippen MR) is 146 cm³/mol. The molecular weight excluding hydrogens is 496 g/mol. The largest absolute Gasteiger partial charge is 0.464 e. The fourth-order valence-electron chi connectivity index (χ4n) is 6.51. The molecule has 0 aromatic heterocycles. The molecule has 2 unspecified atom stereocenters. The molecule has 2 saturated heterocycles. The van der Waals surface area contributed by atoms with E-state index < -0.39 is 23.2 Å². The smallest absolute Gasteiger partial charge is 0.410 e. The van der Waals surface area contributed by atoms with Crippen molar-refractivity contribution in [1.82, 2.24) is 10.2 Å². The van der Waals surface area contributed by atoms with Crippen LogP contribution in [0, 0.1) is 0 Å². The highest BCUT2D eigenvalue weighted by atomic mass is 16.6.